The topological polar surface area (TPSA) is 52.6 Å². The van der Waals surface area contributed by atoms with Gasteiger partial charge in [-0.3, -0.25) is 0 Å². The summed E-state index contributed by atoms with van der Waals surface area (Å²) < 4.78 is 38.4. The number of hydrogen-bond acceptors (Lipinski definition) is 2. The lowest BCUT2D eigenvalue weighted by Gasteiger charge is -2.24. The van der Waals surface area contributed by atoms with Crippen molar-refractivity contribution in [1.82, 2.24) is 10.2 Å². The van der Waals surface area contributed by atoms with E-state index in [1.807, 2.05) is 6.92 Å². The van der Waals surface area contributed by atoms with E-state index in [9.17, 15) is 18.0 Å². The second-order valence-corrected chi connectivity index (χ2v) is 5.06. The lowest BCUT2D eigenvalue weighted by atomic mass is 10.00. The van der Waals surface area contributed by atoms with E-state index in [2.05, 4.69) is 5.32 Å². The SMILES string of the molecule is CCCC(NC(=O)N(C)CCO)c1cccc(C(F)(F)F)c1. The molecule has 1 aromatic rings. The Balaban J connectivity index is 2.93. The number of aliphatic hydroxyl groups excluding tert-OH is 1. The van der Waals surface area contributed by atoms with E-state index in [4.69, 9.17) is 5.11 Å². The maximum Gasteiger partial charge on any atom is 0.416 e. The smallest absolute Gasteiger partial charge is 0.395 e. The number of amides is 2. The lowest BCUT2D eigenvalue weighted by Crippen LogP contribution is -2.40. The number of nitrogens with zero attached hydrogens (tertiary/aromatic N) is 1. The lowest BCUT2D eigenvalue weighted by molar-refractivity contribution is -0.137. The van der Waals surface area contributed by atoms with Crippen LogP contribution in [-0.4, -0.2) is 36.2 Å². The van der Waals surface area contributed by atoms with Gasteiger partial charge >= 0.3 is 12.2 Å². The predicted octanol–water partition coefficient (Wildman–Crippen LogP) is 3.18. The van der Waals surface area contributed by atoms with Crippen LogP contribution in [0, 0.1) is 0 Å². The first-order valence-electron chi connectivity index (χ1n) is 7.09. The molecule has 1 atom stereocenters. The van der Waals surface area contributed by atoms with Gasteiger partial charge in [0.05, 0.1) is 18.2 Å². The number of urea groups is 1. The summed E-state index contributed by atoms with van der Waals surface area (Å²) in [6.07, 6.45) is -3.17. The quantitative estimate of drug-likeness (QED) is 0.846. The Bertz CT molecular complexity index is 492. The van der Waals surface area contributed by atoms with E-state index < -0.39 is 23.8 Å². The second-order valence-electron chi connectivity index (χ2n) is 5.06. The third kappa shape index (κ3) is 5.22. The van der Waals surface area contributed by atoms with Crippen molar-refractivity contribution in [3.05, 3.63) is 35.4 Å². The van der Waals surface area contributed by atoms with Crippen LogP contribution in [0.5, 0.6) is 0 Å². The van der Waals surface area contributed by atoms with Gasteiger partial charge < -0.3 is 15.3 Å². The van der Waals surface area contributed by atoms with Gasteiger partial charge in [-0.1, -0.05) is 25.5 Å². The van der Waals surface area contributed by atoms with Gasteiger partial charge in [-0.25, -0.2) is 4.79 Å². The summed E-state index contributed by atoms with van der Waals surface area (Å²) in [5.41, 5.74) is -0.313. The highest BCUT2D eigenvalue weighted by Crippen LogP contribution is 2.31. The summed E-state index contributed by atoms with van der Waals surface area (Å²) in [6.45, 7) is 1.88. The summed E-state index contributed by atoms with van der Waals surface area (Å²) in [5.74, 6) is 0. The molecule has 124 valence electrons. The first-order chi connectivity index (χ1) is 10.3. The molecule has 1 rings (SSSR count). The van der Waals surface area contributed by atoms with Crippen molar-refractivity contribution < 1.29 is 23.1 Å². The number of halogens is 3. The second kappa shape index (κ2) is 8.03. The fourth-order valence-corrected chi connectivity index (χ4v) is 2.05. The van der Waals surface area contributed by atoms with E-state index in [0.717, 1.165) is 12.1 Å². The largest absolute Gasteiger partial charge is 0.416 e. The molecule has 1 aromatic carbocycles. The molecular formula is C15H21F3N2O2. The highest BCUT2D eigenvalue weighted by molar-refractivity contribution is 5.74. The summed E-state index contributed by atoms with van der Waals surface area (Å²) in [4.78, 5) is 13.2. The molecule has 0 spiro atoms. The highest BCUT2D eigenvalue weighted by Gasteiger charge is 2.31. The van der Waals surface area contributed by atoms with Gasteiger partial charge in [0.15, 0.2) is 0 Å². The maximum atomic E-state index is 12.8. The molecule has 4 nitrogen and oxygen atoms in total. The van der Waals surface area contributed by atoms with Gasteiger partial charge in [-0.15, -0.1) is 0 Å². The molecule has 0 bridgehead atoms. The van der Waals surface area contributed by atoms with Crippen molar-refractivity contribution in [3.8, 4) is 0 Å². The first kappa shape index (κ1) is 18.3. The minimum atomic E-state index is -4.41. The molecule has 0 saturated heterocycles. The summed E-state index contributed by atoms with van der Waals surface area (Å²) >= 11 is 0. The fourth-order valence-electron chi connectivity index (χ4n) is 2.05. The van der Waals surface area contributed by atoms with Crippen LogP contribution in [0.15, 0.2) is 24.3 Å². The van der Waals surface area contributed by atoms with Crippen LogP contribution in [0.1, 0.15) is 36.9 Å². The van der Waals surface area contributed by atoms with E-state index in [1.165, 1.54) is 18.0 Å². The molecule has 0 radical (unpaired) electrons. The fraction of sp³-hybridized carbons (Fsp3) is 0.533. The monoisotopic (exact) mass is 318 g/mol. The number of benzene rings is 1. The average molecular weight is 318 g/mol. The molecule has 1 unspecified atom stereocenters. The highest BCUT2D eigenvalue weighted by atomic mass is 19.4. The number of carbonyl (C=O) groups is 1. The van der Waals surface area contributed by atoms with Crippen molar-refractivity contribution in [2.45, 2.75) is 32.0 Å². The molecule has 0 heterocycles. The van der Waals surface area contributed by atoms with Crippen molar-refractivity contribution in [2.24, 2.45) is 0 Å². The Morgan fingerprint density at radius 2 is 2.09 bits per heavy atom. The number of likely N-dealkylation sites (N-methyl/N-ethyl adjacent to an activating group) is 1. The number of aliphatic hydroxyl groups is 1. The molecule has 2 N–H and O–H groups in total. The van der Waals surface area contributed by atoms with E-state index in [1.54, 1.807) is 6.07 Å². The van der Waals surface area contributed by atoms with Crippen LogP contribution in [-0.2, 0) is 6.18 Å². The summed E-state index contributed by atoms with van der Waals surface area (Å²) in [7, 11) is 1.51. The van der Waals surface area contributed by atoms with Gasteiger partial charge in [0.1, 0.15) is 0 Å². The first-order valence-corrected chi connectivity index (χ1v) is 7.09. The minimum Gasteiger partial charge on any atom is -0.395 e. The molecule has 2 amide bonds. The Hall–Kier alpha value is -1.76. The number of hydrogen-bond donors (Lipinski definition) is 2. The van der Waals surface area contributed by atoms with Crippen LogP contribution >= 0.6 is 0 Å². The zero-order chi connectivity index (χ0) is 16.8. The zero-order valence-electron chi connectivity index (χ0n) is 12.7. The van der Waals surface area contributed by atoms with Crippen LogP contribution in [0.4, 0.5) is 18.0 Å². The zero-order valence-corrected chi connectivity index (χ0v) is 12.7. The third-order valence-electron chi connectivity index (χ3n) is 3.27. The number of carbonyl (C=O) groups excluding carboxylic acids is 1. The van der Waals surface area contributed by atoms with E-state index in [0.29, 0.717) is 18.4 Å². The normalized spacial score (nSPS) is 12.8. The van der Waals surface area contributed by atoms with E-state index >= 15 is 0 Å². The maximum absolute atomic E-state index is 12.8. The van der Waals surface area contributed by atoms with Gasteiger partial charge in [0, 0.05) is 13.6 Å². The van der Waals surface area contributed by atoms with Gasteiger partial charge in [-0.05, 0) is 24.1 Å². The van der Waals surface area contributed by atoms with Crippen molar-refractivity contribution in [2.75, 3.05) is 20.2 Å². The summed E-state index contributed by atoms with van der Waals surface area (Å²) in [6, 6.07) is 4.05. The van der Waals surface area contributed by atoms with Gasteiger partial charge in [-0.2, -0.15) is 13.2 Å². The Morgan fingerprint density at radius 3 is 2.64 bits per heavy atom. The molecule has 7 heteroatoms. The summed E-state index contributed by atoms with van der Waals surface area (Å²) in [5, 5.41) is 11.5. The molecular weight excluding hydrogens is 297 g/mol. The Morgan fingerprint density at radius 1 is 1.41 bits per heavy atom. The molecule has 0 fully saturated rings. The van der Waals surface area contributed by atoms with Crippen LogP contribution in [0.2, 0.25) is 0 Å². The van der Waals surface area contributed by atoms with Crippen molar-refractivity contribution >= 4 is 6.03 Å². The Labute approximate surface area is 127 Å². The van der Waals surface area contributed by atoms with Gasteiger partial charge in [0.2, 0.25) is 0 Å². The molecule has 0 aliphatic rings. The number of alkyl halides is 3. The number of rotatable bonds is 6. The Kier molecular flexibility index (Phi) is 6.67. The molecule has 0 aliphatic heterocycles. The molecule has 0 aromatic heterocycles. The van der Waals surface area contributed by atoms with Crippen molar-refractivity contribution in [1.29, 1.82) is 0 Å². The average Bonchev–Trinajstić information content (AvgIpc) is 2.46. The molecule has 22 heavy (non-hydrogen) atoms. The van der Waals surface area contributed by atoms with Crippen LogP contribution in [0.3, 0.4) is 0 Å². The van der Waals surface area contributed by atoms with Gasteiger partial charge in [0.25, 0.3) is 0 Å². The van der Waals surface area contributed by atoms with Crippen LogP contribution in [0.25, 0.3) is 0 Å². The van der Waals surface area contributed by atoms with E-state index in [-0.39, 0.29) is 13.2 Å². The predicted molar refractivity (Wildman–Crippen MR) is 77.3 cm³/mol. The number of nitrogens with one attached hydrogen (secondary N) is 1. The third-order valence-corrected chi connectivity index (χ3v) is 3.27. The minimum absolute atomic E-state index is 0.160. The standard InChI is InChI=1S/C15H21F3N2O2/c1-3-5-13(19-14(22)20(2)8-9-21)11-6-4-7-12(10-11)15(16,17)18/h4,6-7,10,13,21H,3,5,8-9H2,1-2H3,(H,19,22). The molecule has 0 aliphatic carbocycles. The van der Waals surface area contributed by atoms with Crippen molar-refractivity contribution in [3.63, 3.8) is 0 Å². The molecule has 0 saturated carbocycles. The van der Waals surface area contributed by atoms with Crippen LogP contribution < -0.4 is 5.32 Å².